The average Bonchev–Trinajstić information content (AvgIpc) is 3.24. The highest BCUT2D eigenvalue weighted by molar-refractivity contribution is 6.76. The topological polar surface area (TPSA) is 125 Å². The van der Waals surface area contributed by atoms with Crippen LogP contribution in [0.25, 0.3) is 0 Å². The molecular weight excluding hydrogens is 987 g/mol. The Morgan fingerprint density at radius 2 is 1.16 bits per heavy atom. The summed E-state index contributed by atoms with van der Waals surface area (Å²) in [6, 6.07) is 10.4. The molecule has 0 fully saturated rings. The van der Waals surface area contributed by atoms with Gasteiger partial charge in [0.15, 0.2) is 14.4 Å². The third-order valence-electron chi connectivity index (χ3n) is 10.7. The number of hydrogen-bond donors (Lipinski definition) is 3. The molecule has 28 heteroatoms. The van der Waals surface area contributed by atoms with Gasteiger partial charge in [-0.2, -0.15) is 74.6 Å². The zero-order valence-corrected chi connectivity index (χ0v) is 37.6. The number of benzene rings is 2. The molecule has 2 aromatic rings. The van der Waals surface area contributed by atoms with Gasteiger partial charge >= 0.3 is 53.7 Å². The zero-order valence-electron chi connectivity index (χ0n) is 36.6. The normalized spacial score (nSPS) is 14.9. The predicted octanol–water partition coefficient (Wildman–Crippen LogP) is 12.4. The Morgan fingerprint density at radius 3 is 1.62 bits per heavy atom. The zero-order chi connectivity index (χ0) is 52.5. The molecule has 0 spiro atoms. The fraction of sp³-hybridized carbons (Fsp3) is 0.600. The van der Waals surface area contributed by atoms with Gasteiger partial charge in [0.2, 0.25) is 0 Å². The van der Waals surface area contributed by atoms with E-state index in [0.717, 1.165) is 6.08 Å². The van der Waals surface area contributed by atoms with Gasteiger partial charge in [-0.05, 0) is 71.9 Å². The molecule has 2 rings (SSSR count). The van der Waals surface area contributed by atoms with Crippen molar-refractivity contribution < 1.29 is 113 Å². The molecule has 2 atom stereocenters. The first-order valence-corrected chi connectivity index (χ1v) is 22.1. The maximum absolute atomic E-state index is 15.0. The Balaban J connectivity index is 2.31. The summed E-state index contributed by atoms with van der Waals surface area (Å²) in [6.45, 7) is 4.22. The SMILES string of the molecule is COc1ccc(NC(=O)O[C@H](c2ccc(OCCO[Si](CCC(F)(F)C(F)(F)C(F)(F)C(F)(F)C(F)(F)C(F)(F)C(F)(F)C(F)(F)F)(C(C)C)C(C)C)cc2)[C@@H](CC/C=C/C(=O)NO)OC)cc1. The number of amides is 2. The van der Waals surface area contributed by atoms with E-state index in [-0.39, 0.29) is 18.6 Å². The number of allylic oxidation sites excluding steroid dienone is 1. The van der Waals surface area contributed by atoms with Crippen LogP contribution in [0.3, 0.4) is 0 Å². The van der Waals surface area contributed by atoms with Gasteiger partial charge in [0.1, 0.15) is 18.1 Å². The van der Waals surface area contributed by atoms with Crippen LogP contribution in [0.2, 0.25) is 17.1 Å². The monoisotopic (exact) mass is 1030 g/mol. The molecule has 0 heterocycles. The molecule has 0 radical (unpaired) electrons. The molecule has 3 N–H and O–H groups in total. The number of hydroxylamine groups is 1. The minimum atomic E-state index is -8.71. The highest BCUT2D eigenvalue weighted by Crippen LogP contribution is 2.64. The molecule has 2 aromatic carbocycles. The third kappa shape index (κ3) is 12.4. The molecule has 0 aliphatic carbocycles. The quantitative estimate of drug-likeness (QED) is 0.0213. The van der Waals surface area contributed by atoms with Gasteiger partial charge in [-0.1, -0.05) is 45.9 Å². The molecule has 0 saturated carbocycles. The fourth-order valence-corrected chi connectivity index (χ4v) is 11.1. The summed E-state index contributed by atoms with van der Waals surface area (Å²) >= 11 is 0. The van der Waals surface area contributed by atoms with Crippen molar-refractivity contribution >= 4 is 26.0 Å². The highest BCUT2D eigenvalue weighted by atomic mass is 28.4. The van der Waals surface area contributed by atoms with Crippen LogP contribution < -0.4 is 20.3 Å². The number of methoxy groups -OCH3 is 2. The van der Waals surface area contributed by atoms with E-state index >= 15 is 8.78 Å². The van der Waals surface area contributed by atoms with Crippen LogP contribution in [0.15, 0.2) is 60.7 Å². The number of ether oxygens (including phenoxy) is 4. The second-order valence-corrected chi connectivity index (χ2v) is 20.6. The van der Waals surface area contributed by atoms with Crippen molar-refractivity contribution in [1.29, 1.82) is 0 Å². The summed E-state index contributed by atoms with van der Waals surface area (Å²) < 4.78 is 264. The Labute approximate surface area is 378 Å². The lowest BCUT2D eigenvalue weighted by Gasteiger charge is -2.44. The lowest BCUT2D eigenvalue weighted by molar-refractivity contribution is -0.461. The van der Waals surface area contributed by atoms with E-state index in [9.17, 15) is 75.4 Å². The maximum Gasteiger partial charge on any atom is 0.460 e. The number of alkyl halides is 17. The van der Waals surface area contributed by atoms with E-state index in [4.69, 9.17) is 28.6 Å². The number of rotatable bonds is 26. The Hall–Kier alpha value is -4.57. The van der Waals surface area contributed by atoms with Gasteiger partial charge < -0.3 is 23.4 Å². The number of carbonyl (C=O) groups is 2. The van der Waals surface area contributed by atoms with Crippen LogP contribution >= 0.6 is 0 Å². The Morgan fingerprint density at radius 1 is 0.676 bits per heavy atom. The Bertz CT molecular complexity index is 1960. The molecule has 0 saturated heterocycles. The molecule has 0 bridgehead atoms. The van der Waals surface area contributed by atoms with Crippen LogP contribution in [-0.4, -0.2) is 107 Å². The van der Waals surface area contributed by atoms with Crippen molar-refractivity contribution in [2.75, 3.05) is 32.8 Å². The van der Waals surface area contributed by atoms with Crippen molar-refractivity contribution in [2.45, 2.75) is 124 Å². The first-order chi connectivity index (χ1) is 31.0. The molecule has 0 unspecified atom stereocenters. The standard InChI is InChI=1S/C40H47F17N2O8Si/c1-23(2)68(24(3)4,22-19-33(41,42)34(43,44)35(45,46)36(47,48)37(49,50)38(51,52)39(53,54)40(55,56)57)66-21-20-65-28-15-11-25(12-16-28)31(29(64-6)9-7-8-10-30(60)59-62)67-32(61)58-26-13-17-27(63-5)18-14-26/h8,10-18,23-24,29,31,62H,7,9,19-22H2,1-6H3,(H,58,61)(H,59,60)/b10-8+/t29-,31-/m1/s1. The van der Waals surface area contributed by atoms with Gasteiger partial charge in [0.25, 0.3) is 5.91 Å². The van der Waals surface area contributed by atoms with Crippen molar-refractivity contribution in [1.82, 2.24) is 5.48 Å². The van der Waals surface area contributed by atoms with Crippen molar-refractivity contribution in [3.05, 3.63) is 66.2 Å². The maximum atomic E-state index is 15.0. The summed E-state index contributed by atoms with van der Waals surface area (Å²) in [6.07, 6.45) is -10.6. The van der Waals surface area contributed by atoms with E-state index in [1.807, 2.05) is 0 Å². The van der Waals surface area contributed by atoms with Crippen molar-refractivity contribution in [3.63, 3.8) is 0 Å². The summed E-state index contributed by atoms with van der Waals surface area (Å²) in [5.74, 6) is -57.2. The van der Waals surface area contributed by atoms with Crippen molar-refractivity contribution in [2.24, 2.45) is 0 Å². The molecule has 0 aliphatic rings. The number of nitrogens with one attached hydrogen (secondary N) is 2. The van der Waals surface area contributed by atoms with E-state index in [1.54, 1.807) is 12.1 Å². The molecule has 388 valence electrons. The summed E-state index contributed by atoms with van der Waals surface area (Å²) in [4.78, 5) is 24.4. The lowest BCUT2D eigenvalue weighted by Crippen LogP contribution is -2.74. The Kier molecular flexibility index (Phi) is 19.7. The minimum absolute atomic E-state index is 0.0803. The molecule has 0 aromatic heterocycles. The fourth-order valence-electron chi connectivity index (χ4n) is 6.68. The first-order valence-electron chi connectivity index (χ1n) is 19.8. The molecule has 0 aliphatic heterocycles. The summed E-state index contributed by atoms with van der Waals surface area (Å²) in [5.41, 5.74) is 0.251. The van der Waals surface area contributed by atoms with Crippen molar-refractivity contribution in [3.8, 4) is 11.5 Å². The van der Waals surface area contributed by atoms with Gasteiger partial charge in [-0.3, -0.25) is 15.3 Å². The van der Waals surface area contributed by atoms with E-state index in [0.29, 0.717) is 17.0 Å². The minimum Gasteiger partial charge on any atom is -0.497 e. The van der Waals surface area contributed by atoms with Gasteiger partial charge in [-0.15, -0.1) is 0 Å². The second kappa shape index (κ2) is 22.5. The number of hydrogen-bond acceptors (Lipinski definition) is 8. The smallest absolute Gasteiger partial charge is 0.460 e. The van der Waals surface area contributed by atoms with Gasteiger partial charge in [-0.25, -0.2) is 10.3 Å². The summed E-state index contributed by atoms with van der Waals surface area (Å²) in [7, 11) is -1.29. The molecule has 2 amide bonds. The molecule has 10 nitrogen and oxygen atoms in total. The third-order valence-corrected chi connectivity index (χ3v) is 16.4. The number of anilines is 1. The summed E-state index contributed by atoms with van der Waals surface area (Å²) in [5, 5.41) is 11.2. The first kappa shape index (κ1) is 59.6. The van der Waals surface area contributed by atoms with Crippen LogP contribution in [0, 0.1) is 0 Å². The van der Waals surface area contributed by atoms with Crippen LogP contribution in [0.4, 0.5) is 85.1 Å². The highest BCUT2D eigenvalue weighted by Gasteiger charge is 2.95. The molecule has 68 heavy (non-hydrogen) atoms. The largest absolute Gasteiger partial charge is 0.497 e. The number of carbonyl (C=O) groups excluding carboxylic acids is 2. The average molecular weight is 1030 g/mol. The number of halogens is 17. The van der Waals surface area contributed by atoms with Crippen LogP contribution in [0.1, 0.15) is 58.6 Å². The van der Waals surface area contributed by atoms with E-state index < -0.39 is 117 Å². The van der Waals surface area contributed by atoms with Crippen LogP contribution in [0.5, 0.6) is 11.5 Å². The van der Waals surface area contributed by atoms with Gasteiger partial charge in [0.05, 0.1) is 19.8 Å². The van der Waals surface area contributed by atoms with Crippen LogP contribution in [-0.2, 0) is 18.7 Å². The van der Waals surface area contributed by atoms with E-state index in [1.165, 1.54) is 89.9 Å². The predicted molar refractivity (Wildman–Crippen MR) is 209 cm³/mol. The lowest BCUT2D eigenvalue weighted by atomic mass is 9.88. The van der Waals surface area contributed by atoms with E-state index in [2.05, 4.69) is 5.32 Å². The molecular formula is C40H47F17N2O8Si. The van der Waals surface area contributed by atoms with Gasteiger partial charge in [0, 0.05) is 25.3 Å². The second-order valence-electron chi connectivity index (χ2n) is 15.6.